The summed E-state index contributed by atoms with van der Waals surface area (Å²) >= 11 is 0. The quantitative estimate of drug-likeness (QED) is 0.773. The summed E-state index contributed by atoms with van der Waals surface area (Å²) in [5.74, 6) is 0.810. The zero-order valence-electron chi connectivity index (χ0n) is 16.9. The molecule has 0 saturated heterocycles. The van der Waals surface area contributed by atoms with Crippen molar-refractivity contribution in [1.29, 1.82) is 0 Å². The van der Waals surface area contributed by atoms with Crippen molar-refractivity contribution < 1.29 is 9.47 Å². The Balaban J connectivity index is 1.71. The first-order valence-corrected chi connectivity index (χ1v) is 10.3. The molecule has 0 radical (unpaired) electrons. The van der Waals surface area contributed by atoms with Crippen LogP contribution in [0.25, 0.3) is 0 Å². The van der Waals surface area contributed by atoms with Crippen LogP contribution in [-0.4, -0.2) is 44.2 Å². The highest BCUT2D eigenvalue weighted by Crippen LogP contribution is 2.36. The molecule has 3 atom stereocenters. The van der Waals surface area contributed by atoms with Crippen LogP contribution in [0.4, 0.5) is 11.4 Å². The minimum atomic E-state index is -0.663. The van der Waals surface area contributed by atoms with Gasteiger partial charge in [-0.15, -0.1) is 0 Å². The molecule has 2 aliphatic rings. The number of hydrogen-bond donors (Lipinski definition) is 1. The molecule has 0 spiro atoms. The molecule has 1 aliphatic heterocycles. The lowest BCUT2D eigenvalue weighted by molar-refractivity contribution is -0.0815. The van der Waals surface area contributed by atoms with Crippen LogP contribution in [0.3, 0.4) is 0 Å². The Hall–Kier alpha value is -2.63. The van der Waals surface area contributed by atoms with E-state index in [0.717, 1.165) is 36.4 Å². The van der Waals surface area contributed by atoms with Crippen LogP contribution in [0.1, 0.15) is 19.3 Å². The fourth-order valence-corrected chi connectivity index (χ4v) is 4.27. The number of aliphatic imine (C=N–C) groups is 1. The largest absolute Gasteiger partial charge is 0.498 e. The van der Waals surface area contributed by atoms with Crippen molar-refractivity contribution in [3.63, 3.8) is 0 Å². The van der Waals surface area contributed by atoms with Gasteiger partial charge in [-0.25, -0.2) is 0 Å². The van der Waals surface area contributed by atoms with Crippen molar-refractivity contribution in [3.05, 3.63) is 72.5 Å². The normalized spacial score (nSPS) is 26.2. The molecule has 4 rings (SSSR count). The summed E-state index contributed by atoms with van der Waals surface area (Å²) in [6.07, 6.45) is 6.68. The molecule has 5 heteroatoms. The van der Waals surface area contributed by atoms with Crippen molar-refractivity contribution in [2.75, 3.05) is 25.1 Å². The Labute approximate surface area is 172 Å². The second-order valence-electron chi connectivity index (χ2n) is 7.79. The number of hydrogen-bond acceptors (Lipinski definition) is 5. The molecule has 0 amide bonds. The predicted molar refractivity (Wildman–Crippen MR) is 118 cm³/mol. The van der Waals surface area contributed by atoms with Gasteiger partial charge >= 0.3 is 0 Å². The van der Waals surface area contributed by atoms with Crippen LogP contribution < -0.4 is 10.6 Å². The van der Waals surface area contributed by atoms with Gasteiger partial charge in [-0.05, 0) is 49.6 Å². The Morgan fingerprint density at radius 1 is 1.03 bits per heavy atom. The minimum absolute atomic E-state index is 0.116. The van der Waals surface area contributed by atoms with Crippen LogP contribution in [0, 0.1) is 0 Å². The van der Waals surface area contributed by atoms with Crippen LogP contribution >= 0.6 is 0 Å². The second kappa shape index (κ2) is 8.80. The molecule has 2 aromatic rings. The Morgan fingerprint density at radius 2 is 1.69 bits per heavy atom. The number of methoxy groups -OCH3 is 1. The van der Waals surface area contributed by atoms with E-state index in [-0.39, 0.29) is 12.1 Å². The molecule has 0 aromatic heterocycles. The number of ether oxygens (including phenoxy) is 2. The van der Waals surface area contributed by atoms with E-state index in [2.05, 4.69) is 58.4 Å². The smallest absolute Gasteiger partial charge is 0.162 e. The van der Waals surface area contributed by atoms with Gasteiger partial charge in [0.2, 0.25) is 0 Å². The number of nitrogens with two attached hydrogens (primary N) is 1. The van der Waals surface area contributed by atoms with Gasteiger partial charge in [0, 0.05) is 23.6 Å². The molecule has 29 heavy (non-hydrogen) atoms. The van der Waals surface area contributed by atoms with Gasteiger partial charge in [0.15, 0.2) is 5.60 Å². The van der Waals surface area contributed by atoms with Crippen LogP contribution in [-0.2, 0) is 9.47 Å². The monoisotopic (exact) mass is 391 g/mol. The van der Waals surface area contributed by atoms with Gasteiger partial charge in [0.05, 0.1) is 26.3 Å². The third-order valence-electron chi connectivity index (χ3n) is 5.71. The Kier molecular flexibility index (Phi) is 5.97. The molecule has 2 N–H and O–H groups in total. The molecule has 152 valence electrons. The van der Waals surface area contributed by atoms with E-state index < -0.39 is 5.60 Å². The maximum Gasteiger partial charge on any atom is 0.162 e. The maximum atomic E-state index is 6.76. The number of para-hydroxylation sites is 2. The Bertz CT molecular complexity index is 813. The lowest BCUT2D eigenvalue weighted by atomic mass is 9.96. The van der Waals surface area contributed by atoms with E-state index in [0.29, 0.717) is 13.1 Å². The van der Waals surface area contributed by atoms with Gasteiger partial charge in [-0.3, -0.25) is 4.99 Å². The summed E-state index contributed by atoms with van der Waals surface area (Å²) in [5.41, 5.74) is 7.71. The number of dihydropyridines is 1. The minimum Gasteiger partial charge on any atom is -0.498 e. The van der Waals surface area contributed by atoms with Crippen molar-refractivity contribution >= 4 is 17.6 Å². The van der Waals surface area contributed by atoms with Crippen molar-refractivity contribution in [3.8, 4) is 0 Å². The summed E-state index contributed by atoms with van der Waals surface area (Å²) in [4.78, 5) is 6.85. The van der Waals surface area contributed by atoms with Crippen LogP contribution in [0.5, 0.6) is 0 Å². The molecule has 0 bridgehead atoms. The van der Waals surface area contributed by atoms with Crippen molar-refractivity contribution in [1.82, 2.24) is 0 Å². The average Bonchev–Trinajstić information content (AvgIpc) is 3.18. The summed E-state index contributed by atoms with van der Waals surface area (Å²) in [6.45, 7) is 1.12. The first-order chi connectivity index (χ1) is 14.2. The van der Waals surface area contributed by atoms with Gasteiger partial charge < -0.3 is 20.1 Å². The SMILES string of the molecule is COC1=CC=NCC1(CN(c1ccccc1)c1ccccc1)OC1CCC(N)C1. The fraction of sp³-hybridized carbons (Fsp3) is 0.375. The summed E-state index contributed by atoms with van der Waals surface area (Å²) in [5, 5.41) is 0. The topological polar surface area (TPSA) is 60.1 Å². The maximum absolute atomic E-state index is 6.76. The molecular weight excluding hydrogens is 362 g/mol. The molecule has 3 unspecified atom stereocenters. The molecule has 1 aliphatic carbocycles. The van der Waals surface area contributed by atoms with Gasteiger partial charge in [-0.2, -0.15) is 0 Å². The molecule has 5 nitrogen and oxygen atoms in total. The number of nitrogens with zero attached hydrogens (tertiary/aromatic N) is 2. The lowest BCUT2D eigenvalue weighted by Crippen LogP contribution is -2.51. The summed E-state index contributed by atoms with van der Waals surface area (Å²) in [7, 11) is 1.71. The fourth-order valence-electron chi connectivity index (χ4n) is 4.27. The van der Waals surface area contributed by atoms with E-state index >= 15 is 0 Å². The van der Waals surface area contributed by atoms with Gasteiger partial charge in [-0.1, -0.05) is 36.4 Å². The first-order valence-electron chi connectivity index (χ1n) is 10.3. The first kappa shape index (κ1) is 19.7. The summed E-state index contributed by atoms with van der Waals surface area (Å²) in [6, 6.07) is 21.0. The van der Waals surface area contributed by atoms with Crippen LogP contribution in [0.2, 0.25) is 0 Å². The molecule has 1 heterocycles. The second-order valence-corrected chi connectivity index (χ2v) is 7.79. The van der Waals surface area contributed by atoms with E-state index in [9.17, 15) is 0 Å². The number of allylic oxidation sites excluding steroid dienone is 1. The van der Waals surface area contributed by atoms with Gasteiger partial charge in [0.1, 0.15) is 5.76 Å². The third kappa shape index (κ3) is 4.36. The molecule has 1 saturated carbocycles. The van der Waals surface area contributed by atoms with E-state index in [4.69, 9.17) is 15.2 Å². The van der Waals surface area contributed by atoms with Gasteiger partial charge in [0.25, 0.3) is 0 Å². The van der Waals surface area contributed by atoms with Crippen LogP contribution in [0.15, 0.2) is 77.5 Å². The third-order valence-corrected chi connectivity index (χ3v) is 5.71. The highest BCUT2D eigenvalue weighted by atomic mass is 16.6. The zero-order valence-corrected chi connectivity index (χ0v) is 16.9. The number of anilines is 2. The zero-order chi connectivity index (χ0) is 20.1. The lowest BCUT2D eigenvalue weighted by Gasteiger charge is -2.41. The highest BCUT2D eigenvalue weighted by Gasteiger charge is 2.43. The standard InChI is InChI=1S/C24H29N3O2/c1-28-23-14-15-26-17-24(23,29-22-13-12-19(25)16-22)18-27(20-8-4-2-5-9-20)21-10-6-3-7-11-21/h2-11,14-15,19,22H,12-13,16-18,25H2,1H3. The highest BCUT2D eigenvalue weighted by molar-refractivity contribution is 5.74. The van der Waals surface area contributed by atoms with Crippen molar-refractivity contribution in [2.24, 2.45) is 10.7 Å². The number of benzene rings is 2. The van der Waals surface area contributed by atoms with Crippen molar-refractivity contribution in [2.45, 2.75) is 37.0 Å². The van der Waals surface area contributed by atoms with E-state index in [1.807, 2.05) is 18.2 Å². The average molecular weight is 392 g/mol. The molecular formula is C24H29N3O2. The summed E-state index contributed by atoms with van der Waals surface area (Å²) < 4.78 is 12.6. The predicted octanol–water partition coefficient (Wildman–Crippen LogP) is 4.07. The molecule has 2 aromatic carbocycles. The van der Waals surface area contributed by atoms with E-state index in [1.165, 1.54) is 0 Å². The number of rotatable bonds is 7. The molecule has 1 fully saturated rings. The van der Waals surface area contributed by atoms with E-state index in [1.54, 1.807) is 13.3 Å². The Morgan fingerprint density at radius 3 is 2.24 bits per heavy atom.